The van der Waals surface area contributed by atoms with Crippen LogP contribution < -0.4 is 0 Å². The van der Waals surface area contributed by atoms with Gasteiger partial charge in [0.15, 0.2) is 6.29 Å². The van der Waals surface area contributed by atoms with E-state index in [-0.39, 0.29) is 0 Å². The molecule has 3 rings (SSSR count). The predicted octanol–water partition coefficient (Wildman–Crippen LogP) is -2.51. The number of hydrogen-bond donors (Lipinski definition) is 8. The number of ether oxygens (including phenoxy) is 3. The normalized spacial score (nSPS) is 38.8. The summed E-state index contributed by atoms with van der Waals surface area (Å²) in [6.45, 7) is -0.117. The number of aliphatic hydroxyl groups excluding tert-OH is 7. The first kappa shape index (κ1) is 27.9. The van der Waals surface area contributed by atoms with Crippen LogP contribution in [-0.2, 0) is 19.0 Å². The molecule has 2 fully saturated rings. The molecule has 8 N–H and O–H groups in total. The molecule has 2 heterocycles. The molecule has 10 atom stereocenters. The first-order valence-corrected chi connectivity index (χ1v) is 11.0. The zero-order valence-corrected chi connectivity index (χ0v) is 18.5. The number of carbonyl (C=O) groups is 1. The lowest BCUT2D eigenvalue weighted by molar-refractivity contribution is -0.338. The summed E-state index contributed by atoms with van der Waals surface area (Å²) < 4.78 is 16.5. The summed E-state index contributed by atoms with van der Waals surface area (Å²) in [5.41, 5.74) is -0.890. The highest BCUT2D eigenvalue weighted by Gasteiger charge is 2.50. The highest BCUT2D eigenvalue weighted by Crippen LogP contribution is 2.35. The van der Waals surface area contributed by atoms with Gasteiger partial charge in [-0.3, -0.25) is 4.79 Å². The van der Waals surface area contributed by atoms with Gasteiger partial charge in [0.25, 0.3) is 5.97 Å². The second kappa shape index (κ2) is 12.9. The Morgan fingerprint density at radius 1 is 0.879 bits per heavy atom. The molecule has 10 unspecified atom stereocenters. The fourth-order valence-electron chi connectivity index (χ4n) is 3.29. The highest BCUT2D eigenvalue weighted by atomic mass is 32.2. The van der Waals surface area contributed by atoms with Crippen LogP contribution in [0.25, 0.3) is 0 Å². The first-order valence-electron chi connectivity index (χ1n) is 10.1. The van der Waals surface area contributed by atoms with Crippen molar-refractivity contribution in [2.45, 2.75) is 72.4 Å². The second-order valence-electron chi connectivity index (χ2n) is 7.45. The highest BCUT2D eigenvalue weighted by molar-refractivity contribution is 7.99. The summed E-state index contributed by atoms with van der Waals surface area (Å²) in [5, 5.41) is 77.3. The summed E-state index contributed by atoms with van der Waals surface area (Å²) in [6, 6.07) is 9.05. The molecule has 2 aliphatic rings. The number of carboxylic acid groups (broad SMARTS) is 1. The van der Waals surface area contributed by atoms with E-state index in [1.54, 1.807) is 12.1 Å². The number of aliphatic carboxylic acids is 1. The van der Waals surface area contributed by atoms with Crippen LogP contribution in [0.1, 0.15) is 6.92 Å². The van der Waals surface area contributed by atoms with E-state index in [2.05, 4.69) is 0 Å². The number of thioether (sulfide) groups is 1. The molecular weight excluding hydrogens is 464 g/mol. The summed E-state index contributed by atoms with van der Waals surface area (Å²) in [7, 11) is 0. The molecule has 0 bridgehead atoms. The van der Waals surface area contributed by atoms with E-state index in [1.165, 1.54) is 0 Å². The van der Waals surface area contributed by atoms with Gasteiger partial charge in [-0.2, -0.15) is 0 Å². The van der Waals surface area contributed by atoms with Gasteiger partial charge in [-0.1, -0.05) is 30.0 Å². The van der Waals surface area contributed by atoms with Gasteiger partial charge in [0.1, 0.15) is 54.3 Å². The summed E-state index contributed by atoms with van der Waals surface area (Å²) >= 11 is 1.16. The van der Waals surface area contributed by atoms with E-state index in [0.717, 1.165) is 23.6 Å². The lowest BCUT2D eigenvalue weighted by atomic mass is 9.97. The van der Waals surface area contributed by atoms with Gasteiger partial charge in [-0.25, -0.2) is 0 Å². The van der Waals surface area contributed by atoms with Gasteiger partial charge >= 0.3 is 0 Å². The van der Waals surface area contributed by atoms with Crippen LogP contribution in [0.3, 0.4) is 0 Å². The van der Waals surface area contributed by atoms with E-state index in [1.807, 2.05) is 18.2 Å². The number of aliphatic hydroxyl groups is 7. The number of carboxylic acids is 1. The maximum Gasteiger partial charge on any atom is 0.300 e. The Morgan fingerprint density at radius 3 is 2.00 bits per heavy atom. The van der Waals surface area contributed by atoms with Gasteiger partial charge in [0.05, 0.1) is 13.2 Å². The van der Waals surface area contributed by atoms with Gasteiger partial charge in [-0.15, -0.1) is 0 Å². The molecular formula is C20H30O12S. The molecule has 2 saturated heterocycles. The van der Waals surface area contributed by atoms with Crippen LogP contribution in [0.5, 0.6) is 0 Å². The molecule has 0 radical (unpaired) electrons. The minimum atomic E-state index is -1.69. The average molecular weight is 495 g/mol. The standard InChI is InChI=1S/C18H26O10S.C2H4O2/c19-6-9-11(21)12(22)14(24)17(26-9)28-16-10(7-20)27-18(15(25)13(16)23)29-8-4-2-1-3-5-8;1-2(3)4/h1-5,9-25H,6-7H2;1H3,(H,3,4). The maximum absolute atomic E-state index is 10.6. The minimum absolute atomic E-state index is 0.558. The largest absolute Gasteiger partial charge is 0.481 e. The molecule has 0 aliphatic carbocycles. The minimum Gasteiger partial charge on any atom is -0.481 e. The molecule has 1 aromatic carbocycles. The van der Waals surface area contributed by atoms with Crippen molar-refractivity contribution in [3.05, 3.63) is 30.3 Å². The van der Waals surface area contributed by atoms with Crippen LogP contribution in [0.4, 0.5) is 0 Å². The van der Waals surface area contributed by atoms with Crippen molar-refractivity contribution in [2.24, 2.45) is 0 Å². The van der Waals surface area contributed by atoms with E-state index in [9.17, 15) is 35.7 Å². The molecule has 0 aromatic heterocycles. The predicted molar refractivity (Wildman–Crippen MR) is 112 cm³/mol. The Labute approximate surface area is 194 Å². The molecule has 33 heavy (non-hydrogen) atoms. The third-order valence-electron chi connectivity index (χ3n) is 4.96. The van der Waals surface area contributed by atoms with Crippen LogP contribution in [-0.4, -0.2) is 121 Å². The summed E-state index contributed by atoms with van der Waals surface area (Å²) in [4.78, 5) is 9.79. The van der Waals surface area contributed by atoms with Crippen LogP contribution in [0.15, 0.2) is 35.2 Å². The van der Waals surface area contributed by atoms with Gasteiger partial charge < -0.3 is 55.1 Å². The fourth-order valence-corrected chi connectivity index (χ4v) is 4.37. The van der Waals surface area contributed by atoms with Gasteiger partial charge in [0.2, 0.25) is 0 Å². The third kappa shape index (κ3) is 7.31. The first-order chi connectivity index (χ1) is 15.6. The van der Waals surface area contributed by atoms with Gasteiger partial charge in [-0.05, 0) is 12.1 Å². The maximum atomic E-state index is 10.6. The summed E-state index contributed by atoms with van der Waals surface area (Å²) in [5.74, 6) is -0.833. The SMILES string of the molecule is CC(=O)O.OCC1OC(OC2C(CO)OC(Sc3ccccc3)C(O)C2O)C(O)C(O)C1O. The number of hydrogen-bond acceptors (Lipinski definition) is 12. The van der Waals surface area contributed by atoms with Crippen LogP contribution in [0.2, 0.25) is 0 Å². The van der Waals surface area contributed by atoms with Crippen molar-refractivity contribution in [3.8, 4) is 0 Å². The Bertz CT molecular complexity index is 716. The molecule has 1 aromatic rings. The van der Waals surface area contributed by atoms with E-state index >= 15 is 0 Å². The van der Waals surface area contributed by atoms with E-state index in [4.69, 9.17) is 24.1 Å². The fraction of sp³-hybridized carbons (Fsp3) is 0.650. The van der Waals surface area contributed by atoms with Crippen LogP contribution in [0, 0.1) is 0 Å². The molecule has 12 nitrogen and oxygen atoms in total. The monoisotopic (exact) mass is 494 g/mol. The average Bonchev–Trinajstić information content (AvgIpc) is 2.79. The topological polar surface area (TPSA) is 207 Å². The Hall–Kier alpha value is -1.36. The molecule has 0 saturated carbocycles. The van der Waals surface area contributed by atoms with Crippen molar-refractivity contribution >= 4 is 17.7 Å². The third-order valence-corrected chi connectivity index (χ3v) is 6.12. The van der Waals surface area contributed by atoms with Crippen molar-refractivity contribution in [1.82, 2.24) is 0 Å². The number of rotatable bonds is 6. The number of benzene rings is 1. The lowest BCUT2D eigenvalue weighted by Gasteiger charge is -2.46. The second-order valence-corrected chi connectivity index (χ2v) is 8.63. The Kier molecular flexibility index (Phi) is 10.9. The lowest BCUT2D eigenvalue weighted by Crippen LogP contribution is -2.64. The van der Waals surface area contributed by atoms with Crippen molar-refractivity contribution < 1.29 is 59.9 Å². The smallest absolute Gasteiger partial charge is 0.300 e. The van der Waals surface area contributed by atoms with Crippen molar-refractivity contribution in [2.75, 3.05) is 13.2 Å². The quantitative estimate of drug-likeness (QED) is 0.206. The Balaban J connectivity index is 0.000000890. The van der Waals surface area contributed by atoms with Crippen molar-refractivity contribution in [3.63, 3.8) is 0 Å². The zero-order valence-electron chi connectivity index (χ0n) is 17.7. The molecule has 188 valence electrons. The van der Waals surface area contributed by atoms with Crippen molar-refractivity contribution in [1.29, 1.82) is 0 Å². The Morgan fingerprint density at radius 2 is 1.45 bits per heavy atom. The molecule has 0 spiro atoms. The van der Waals surface area contributed by atoms with Crippen LogP contribution >= 0.6 is 11.8 Å². The van der Waals surface area contributed by atoms with E-state index in [0.29, 0.717) is 0 Å². The van der Waals surface area contributed by atoms with Gasteiger partial charge in [0, 0.05) is 11.8 Å². The zero-order chi connectivity index (χ0) is 24.7. The summed E-state index contributed by atoms with van der Waals surface area (Å²) in [6.07, 6.45) is -12.9. The molecule has 0 amide bonds. The molecule has 2 aliphatic heterocycles. The van der Waals surface area contributed by atoms with E-state index < -0.39 is 79.7 Å². The molecule has 13 heteroatoms.